The fourth-order valence-corrected chi connectivity index (χ4v) is 4.64. The highest BCUT2D eigenvalue weighted by atomic mass is 32.2. The highest BCUT2D eigenvalue weighted by Gasteiger charge is 2.52. The summed E-state index contributed by atoms with van der Waals surface area (Å²) in [5.74, 6) is -1.16. The minimum atomic E-state index is -1.16. The average Bonchev–Trinajstić information content (AvgIpc) is 2.80. The van der Waals surface area contributed by atoms with Crippen molar-refractivity contribution >= 4 is 41.7 Å². The van der Waals surface area contributed by atoms with Crippen LogP contribution in [0.3, 0.4) is 0 Å². The first-order chi connectivity index (χ1) is 17.1. The lowest BCUT2D eigenvalue weighted by Gasteiger charge is -2.44. The maximum atomic E-state index is 11.9. The number of thioether (sulfide) groups is 1. The van der Waals surface area contributed by atoms with Gasteiger partial charge in [0.1, 0.15) is 23.9 Å². The average molecular weight is 525 g/mol. The van der Waals surface area contributed by atoms with Crippen LogP contribution in [-0.4, -0.2) is 73.2 Å². The first-order valence-electron chi connectivity index (χ1n) is 11.3. The minimum Gasteiger partial charge on any atom is -0.497 e. The number of rotatable bonds is 11. The van der Waals surface area contributed by atoms with Gasteiger partial charge in [0.25, 0.3) is 0 Å². The topological polar surface area (TPSA) is 124 Å². The monoisotopic (exact) mass is 524 g/mol. The van der Waals surface area contributed by atoms with Crippen LogP contribution >= 0.6 is 11.8 Å². The molecular weight excluding hydrogens is 492 g/mol. The van der Waals surface area contributed by atoms with E-state index in [-0.39, 0.29) is 6.61 Å². The quantitative estimate of drug-likeness (QED) is 0.241. The Balaban J connectivity index is 2.18. The largest absolute Gasteiger partial charge is 0.497 e. The van der Waals surface area contributed by atoms with Gasteiger partial charge in [0.2, 0.25) is 0 Å². The molecule has 1 aromatic rings. The van der Waals surface area contributed by atoms with E-state index in [0.29, 0.717) is 12.2 Å². The van der Waals surface area contributed by atoms with Crippen molar-refractivity contribution < 1.29 is 47.6 Å². The van der Waals surface area contributed by atoms with Crippen LogP contribution in [0, 0.1) is 0 Å². The molecule has 10 nitrogen and oxygen atoms in total. The molecule has 0 N–H and O–H groups in total. The molecule has 0 spiro atoms. The van der Waals surface area contributed by atoms with Crippen molar-refractivity contribution in [2.75, 3.05) is 19.5 Å². The van der Waals surface area contributed by atoms with Gasteiger partial charge in [-0.2, -0.15) is 0 Å². The van der Waals surface area contributed by atoms with E-state index in [2.05, 4.69) is 0 Å². The molecule has 1 saturated heterocycles. The van der Waals surface area contributed by atoms with E-state index >= 15 is 0 Å². The molecule has 5 atom stereocenters. The Hall–Kier alpha value is -3.05. The molecule has 1 aliphatic heterocycles. The number of esters is 4. The molecule has 198 valence electrons. The van der Waals surface area contributed by atoms with Crippen LogP contribution in [0.2, 0.25) is 0 Å². The first kappa shape index (κ1) is 29.2. The van der Waals surface area contributed by atoms with E-state index in [4.69, 9.17) is 28.4 Å². The smallest absolute Gasteiger partial charge is 0.303 e. The number of ether oxygens (including phenoxy) is 6. The van der Waals surface area contributed by atoms with E-state index in [0.717, 1.165) is 11.3 Å². The van der Waals surface area contributed by atoms with Crippen LogP contribution in [0.15, 0.2) is 30.3 Å². The third-order valence-corrected chi connectivity index (χ3v) is 6.12. The number of carbonyl (C=O) groups excluding carboxylic acids is 4. The number of allylic oxidation sites excluding steroid dienone is 1. The molecule has 1 aromatic carbocycles. The van der Waals surface area contributed by atoms with Gasteiger partial charge in [-0.15, -0.1) is 11.8 Å². The third-order valence-electron chi connectivity index (χ3n) is 4.94. The van der Waals surface area contributed by atoms with E-state index < -0.39 is 53.7 Å². The van der Waals surface area contributed by atoms with Crippen molar-refractivity contribution in [1.82, 2.24) is 0 Å². The Kier molecular flexibility index (Phi) is 11.7. The Morgan fingerprint density at radius 1 is 0.861 bits per heavy atom. The number of carbonyl (C=O) groups is 4. The number of methoxy groups -OCH3 is 1. The van der Waals surface area contributed by atoms with Crippen molar-refractivity contribution in [2.24, 2.45) is 0 Å². The van der Waals surface area contributed by atoms with E-state index in [1.165, 1.54) is 39.5 Å². The molecule has 0 saturated carbocycles. The highest BCUT2D eigenvalue weighted by molar-refractivity contribution is 7.99. The third kappa shape index (κ3) is 9.54. The molecular formula is C25H32O10S. The second-order valence-corrected chi connectivity index (χ2v) is 9.11. The highest BCUT2D eigenvalue weighted by Crippen LogP contribution is 2.34. The van der Waals surface area contributed by atoms with Gasteiger partial charge in [-0.3, -0.25) is 19.2 Å². The molecule has 1 heterocycles. The summed E-state index contributed by atoms with van der Waals surface area (Å²) >= 11 is 1.34. The number of hydrogen-bond donors (Lipinski definition) is 0. The fraction of sp³-hybridized carbons (Fsp3) is 0.520. The zero-order valence-corrected chi connectivity index (χ0v) is 21.8. The summed E-state index contributed by atoms with van der Waals surface area (Å²) < 4.78 is 32.6. The lowest BCUT2D eigenvalue weighted by molar-refractivity contribution is -0.237. The minimum absolute atomic E-state index is 0.244. The van der Waals surface area contributed by atoms with Crippen molar-refractivity contribution in [1.29, 1.82) is 0 Å². The fourth-order valence-electron chi connectivity index (χ4n) is 3.51. The summed E-state index contributed by atoms with van der Waals surface area (Å²) in [6, 6.07) is 7.60. The summed E-state index contributed by atoms with van der Waals surface area (Å²) in [5, 5.41) is 0. The first-order valence-corrected chi connectivity index (χ1v) is 12.4. The molecule has 0 aromatic heterocycles. The Morgan fingerprint density at radius 2 is 1.44 bits per heavy atom. The molecule has 0 radical (unpaired) electrons. The summed E-state index contributed by atoms with van der Waals surface area (Å²) in [5.41, 5.74) is 0.230. The second-order valence-electron chi connectivity index (χ2n) is 7.90. The van der Waals surface area contributed by atoms with Gasteiger partial charge in [-0.25, -0.2) is 0 Å². The molecule has 2 rings (SSSR count). The standard InChI is InChI=1S/C25H32O10S/c1-15(26)31-14-21-22(32-16(2)27)23(33-17(3)28)24(34-18(4)29)25(35-21)36-13-7-6-8-19-9-11-20(30-5)12-10-19/h6,8-12,21-25H,7,13-14H2,1-5H3/b8-6+/t21?,22-,23?,24?,25+/m1/s1. The van der Waals surface area contributed by atoms with E-state index in [1.54, 1.807) is 7.11 Å². The Labute approximate surface area is 214 Å². The summed E-state index contributed by atoms with van der Waals surface area (Å²) in [6.07, 6.45) is 0.302. The molecule has 1 fully saturated rings. The SMILES string of the molecule is COc1ccc(/C=C/CCS[C@@H]2OC(COC(C)=O)[C@@H](OC(C)=O)C(OC(C)=O)C2OC(C)=O)cc1. The zero-order chi connectivity index (χ0) is 26.7. The van der Waals surface area contributed by atoms with Gasteiger partial charge >= 0.3 is 23.9 Å². The van der Waals surface area contributed by atoms with Gasteiger partial charge in [0, 0.05) is 27.7 Å². The number of benzene rings is 1. The Bertz CT molecular complexity index is 929. The molecule has 1 aliphatic rings. The van der Waals surface area contributed by atoms with Crippen LogP contribution in [0.1, 0.15) is 39.7 Å². The predicted octanol–water partition coefficient (Wildman–Crippen LogP) is 2.91. The van der Waals surface area contributed by atoms with Gasteiger partial charge in [0.15, 0.2) is 18.3 Å². The van der Waals surface area contributed by atoms with Crippen molar-refractivity contribution in [2.45, 2.75) is 64.0 Å². The van der Waals surface area contributed by atoms with Gasteiger partial charge in [0.05, 0.1) is 7.11 Å². The van der Waals surface area contributed by atoms with Gasteiger partial charge in [-0.1, -0.05) is 24.3 Å². The summed E-state index contributed by atoms with van der Waals surface area (Å²) in [4.78, 5) is 46.9. The van der Waals surface area contributed by atoms with Crippen LogP contribution in [0.25, 0.3) is 6.08 Å². The van der Waals surface area contributed by atoms with Crippen molar-refractivity contribution in [3.05, 3.63) is 35.9 Å². The summed E-state index contributed by atoms with van der Waals surface area (Å²) in [6.45, 7) is 4.58. The van der Waals surface area contributed by atoms with Gasteiger partial charge < -0.3 is 28.4 Å². The number of hydrogen-bond acceptors (Lipinski definition) is 11. The molecule has 0 aliphatic carbocycles. The van der Waals surface area contributed by atoms with Gasteiger partial charge in [-0.05, 0) is 29.9 Å². The van der Waals surface area contributed by atoms with E-state index in [9.17, 15) is 19.2 Å². The molecule has 11 heteroatoms. The molecule has 0 amide bonds. The Morgan fingerprint density at radius 3 is 2.00 bits per heavy atom. The molecule has 0 bridgehead atoms. The normalized spacial score (nSPS) is 23.5. The van der Waals surface area contributed by atoms with Crippen LogP contribution in [0.5, 0.6) is 5.75 Å². The second kappa shape index (κ2) is 14.5. The van der Waals surface area contributed by atoms with Crippen LogP contribution in [-0.2, 0) is 42.9 Å². The van der Waals surface area contributed by atoms with E-state index in [1.807, 2.05) is 36.4 Å². The van der Waals surface area contributed by atoms with Crippen LogP contribution < -0.4 is 4.74 Å². The van der Waals surface area contributed by atoms with Crippen LogP contribution in [0.4, 0.5) is 0 Å². The lowest BCUT2D eigenvalue weighted by Crippen LogP contribution is -2.61. The lowest BCUT2D eigenvalue weighted by atomic mass is 9.99. The maximum absolute atomic E-state index is 11.9. The molecule has 36 heavy (non-hydrogen) atoms. The zero-order valence-electron chi connectivity index (χ0n) is 21.0. The summed E-state index contributed by atoms with van der Waals surface area (Å²) in [7, 11) is 1.61. The predicted molar refractivity (Wildman–Crippen MR) is 131 cm³/mol. The van der Waals surface area contributed by atoms with Crippen molar-refractivity contribution in [3.8, 4) is 5.75 Å². The molecule has 3 unspecified atom stereocenters. The van der Waals surface area contributed by atoms with Crippen molar-refractivity contribution in [3.63, 3.8) is 0 Å². The maximum Gasteiger partial charge on any atom is 0.303 e.